The Labute approximate surface area is 307 Å². The maximum absolute atomic E-state index is 13.5. The molecule has 1 unspecified atom stereocenters. The van der Waals surface area contributed by atoms with Gasteiger partial charge in [-0.3, -0.25) is 19.2 Å². The van der Waals surface area contributed by atoms with Gasteiger partial charge in [0, 0.05) is 30.5 Å². The second-order valence-electron chi connectivity index (χ2n) is 14.2. The number of carbonyl (C=O) groups excluding carboxylic acids is 4. The van der Waals surface area contributed by atoms with E-state index in [4.69, 9.17) is 28.4 Å². The summed E-state index contributed by atoms with van der Waals surface area (Å²) in [4.78, 5) is 51.9. The molecular weight excluding hydrogens is 668 g/mol. The highest BCUT2D eigenvalue weighted by Crippen LogP contribution is 2.26. The molecule has 1 aliphatic rings. The van der Waals surface area contributed by atoms with E-state index in [1.54, 1.807) is 25.7 Å². The number of rotatable bonds is 20. The molecule has 2 aromatic carbocycles. The molecule has 1 atom stereocenters. The molecule has 0 fully saturated rings. The molecule has 0 radical (unpaired) electrons. The summed E-state index contributed by atoms with van der Waals surface area (Å²) in [7, 11) is 0. The Morgan fingerprint density at radius 3 is 1.90 bits per heavy atom. The molecule has 1 N–H and O–H groups in total. The SMILES string of the molecule is CC(C)(C)OC(=O)CCOCCOCC(CNC(=O)CCC(=O)N1Cc2ccccc2C#Cc2ccccc21)OCCOCCC(=O)OC(C)(C)C. The van der Waals surface area contributed by atoms with Crippen molar-refractivity contribution in [3.63, 3.8) is 0 Å². The second kappa shape index (κ2) is 21.3. The van der Waals surface area contributed by atoms with E-state index in [0.29, 0.717) is 12.2 Å². The maximum atomic E-state index is 13.5. The van der Waals surface area contributed by atoms with Crippen LogP contribution in [0.25, 0.3) is 0 Å². The summed E-state index contributed by atoms with van der Waals surface area (Å²) in [6.07, 6.45) is -0.277. The minimum Gasteiger partial charge on any atom is -0.460 e. The van der Waals surface area contributed by atoms with Gasteiger partial charge in [-0.05, 0) is 65.3 Å². The lowest BCUT2D eigenvalue weighted by molar-refractivity contribution is -0.157. The minimum absolute atomic E-state index is 0.00388. The van der Waals surface area contributed by atoms with Crippen LogP contribution in [0.15, 0.2) is 48.5 Å². The van der Waals surface area contributed by atoms with Gasteiger partial charge in [-0.15, -0.1) is 0 Å². The van der Waals surface area contributed by atoms with Crippen molar-refractivity contribution in [2.24, 2.45) is 0 Å². The molecule has 1 aliphatic heterocycles. The zero-order valence-electron chi connectivity index (χ0n) is 31.4. The number of carbonyl (C=O) groups is 4. The van der Waals surface area contributed by atoms with Crippen molar-refractivity contribution >= 4 is 29.4 Å². The number of nitrogens with one attached hydrogen (secondary N) is 1. The molecule has 0 bridgehead atoms. The number of benzene rings is 2. The first kappa shape index (κ1) is 42.1. The predicted molar refractivity (Wildman–Crippen MR) is 195 cm³/mol. The highest BCUT2D eigenvalue weighted by molar-refractivity contribution is 5.96. The Bertz CT molecular complexity index is 1530. The van der Waals surface area contributed by atoms with E-state index >= 15 is 0 Å². The molecule has 0 saturated carbocycles. The Balaban J connectivity index is 1.47. The van der Waals surface area contributed by atoms with E-state index in [1.807, 2.05) is 69.3 Å². The highest BCUT2D eigenvalue weighted by atomic mass is 16.6. The Morgan fingerprint density at radius 1 is 0.692 bits per heavy atom. The van der Waals surface area contributed by atoms with Crippen LogP contribution in [0.2, 0.25) is 0 Å². The van der Waals surface area contributed by atoms with Gasteiger partial charge in [-0.2, -0.15) is 0 Å². The summed E-state index contributed by atoms with van der Waals surface area (Å²) in [5.41, 5.74) is 2.14. The molecule has 0 saturated heterocycles. The molecule has 0 aromatic heterocycles. The van der Waals surface area contributed by atoms with Gasteiger partial charge in [-0.25, -0.2) is 0 Å². The van der Waals surface area contributed by atoms with Gasteiger partial charge in [0.05, 0.1) is 77.4 Å². The van der Waals surface area contributed by atoms with E-state index in [0.717, 1.165) is 16.7 Å². The van der Waals surface area contributed by atoms with Crippen molar-refractivity contribution in [3.05, 3.63) is 65.2 Å². The van der Waals surface area contributed by atoms with Gasteiger partial charge in [0.2, 0.25) is 11.8 Å². The van der Waals surface area contributed by atoms with Gasteiger partial charge >= 0.3 is 11.9 Å². The standard InChI is InChI=1S/C40H54N2O10/c1-39(2,3)51-37(45)19-21-47-23-24-49-29-33(50-26-25-48-22-20-38(46)52-40(4,5)6)27-41-35(43)17-18-36(44)42-28-32-13-8-7-11-30(32)15-16-31-12-9-10-14-34(31)42/h7-14,33H,17-29H2,1-6H3,(H,41,43). The minimum atomic E-state index is -0.562. The van der Waals surface area contributed by atoms with Crippen LogP contribution in [-0.4, -0.2) is 93.9 Å². The normalized spacial score (nSPS) is 13.0. The first-order valence-corrected chi connectivity index (χ1v) is 17.7. The van der Waals surface area contributed by atoms with Crippen molar-refractivity contribution in [3.8, 4) is 11.8 Å². The van der Waals surface area contributed by atoms with E-state index in [9.17, 15) is 19.2 Å². The zero-order valence-corrected chi connectivity index (χ0v) is 31.4. The fourth-order valence-electron chi connectivity index (χ4n) is 4.95. The number of fused-ring (bicyclic) bond motifs is 2. The lowest BCUT2D eigenvalue weighted by Gasteiger charge is -2.26. The highest BCUT2D eigenvalue weighted by Gasteiger charge is 2.22. The van der Waals surface area contributed by atoms with Crippen LogP contribution >= 0.6 is 0 Å². The van der Waals surface area contributed by atoms with Crippen LogP contribution in [0.1, 0.15) is 83.9 Å². The monoisotopic (exact) mass is 722 g/mol. The largest absolute Gasteiger partial charge is 0.460 e. The summed E-state index contributed by atoms with van der Waals surface area (Å²) < 4.78 is 33.3. The van der Waals surface area contributed by atoms with E-state index in [1.165, 1.54) is 0 Å². The molecule has 284 valence electrons. The number of amides is 2. The lowest BCUT2D eigenvalue weighted by atomic mass is 10.0. The fraction of sp³-hybridized carbons (Fsp3) is 0.550. The average molecular weight is 723 g/mol. The average Bonchev–Trinajstić information content (AvgIpc) is 3.06. The third-order valence-electron chi connectivity index (χ3n) is 7.26. The van der Waals surface area contributed by atoms with E-state index in [2.05, 4.69) is 17.2 Å². The quantitative estimate of drug-likeness (QED) is 0.116. The van der Waals surface area contributed by atoms with Crippen molar-refractivity contribution < 1.29 is 47.6 Å². The topological polar surface area (TPSA) is 139 Å². The zero-order chi connectivity index (χ0) is 38.0. The van der Waals surface area contributed by atoms with Crippen LogP contribution < -0.4 is 10.2 Å². The van der Waals surface area contributed by atoms with Crippen molar-refractivity contribution in [2.45, 2.75) is 91.1 Å². The van der Waals surface area contributed by atoms with Crippen LogP contribution in [-0.2, 0) is 54.1 Å². The Kier molecular flexibility index (Phi) is 17.3. The summed E-state index contributed by atoms with van der Waals surface area (Å²) in [5, 5.41) is 2.86. The molecule has 0 aliphatic carbocycles. The third kappa shape index (κ3) is 16.8. The second-order valence-corrected chi connectivity index (χ2v) is 14.2. The molecule has 52 heavy (non-hydrogen) atoms. The molecule has 2 amide bonds. The van der Waals surface area contributed by atoms with E-state index in [-0.39, 0.29) is 102 Å². The van der Waals surface area contributed by atoms with Gasteiger partial charge < -0.3 is 38.6 Å². The molecule has 0 spiro atoms. The number of nitrogens with zero attached hydrogens (tertiary/aromatic N) is 1. The van der Waals surface area contributed by atoms with Crippen molar-refractivity contribution in [2.75, 3.05) is 57.7 Å². The smallest absolute Gasteiger partial charge is 0.308 e. The summed E-state index contributed by atoms with van der Waals surface area (Å²) in [5.74, 6) is 5.22. The van der Waals surface area contributed by atoms with Crippen LogP contribution in [0.5, 0.6) is 0 Å². The maximum Gasteiger partial charge on any atom is 0.308 e. The number of hydrogen-bond donors (Lipinski definition) is 1. The first-order valence-electron chi connectivity index (χ1n) is 17.7. The molecule has 12 nitrogen and oxygen atoms in total. The molecule has 12 heteroatoms. The van der Waals surface area contributed by atoms with Crippen LogP contribution in [0, 0.1) is 11.8 Å². The van der Waals surface area contributed by atoms with Crippen molar-refractivity contribution in [1.82, 2.24) is 5.32 Å². The van der Waals surface area contributed by atoms with Crippen molar-refractivity contribution in [1.29, 1.82) is 0 Å². The number of anilines is 1. The predicted octanol–water partition coefficient (Wildman–Crippen LogP) is 4.73. The number of esters is 2. The van der Waals surface area contributed by atoms with Crippen LogP contribution in [0.3, 0.4) is 0 Å². The number of hydrogen-bond acceptors (Lipinski definition) is 10. The molecular formula is C40H54N2O10. The van der Waals surface area contributed by atoms with Gasteiger partial charge in [0.15, 0.2) is 0 Å². The van der Waals surface area contributed by atoms with Gasteiger partial charge in [-0.1, -0.05) is 42.2 Å². The van der Waals surface area contributed by atoms with Crippen LogP contribution in [0.4, 0.5) is 5.69 Å². The van der Waals surface area contributed by atoms with E-state index < -0.39 is 17.3 Å². The molecule has 1 heterocycles. The molecule has 3 rings (SSSR count). The Morgan fingerprint density at radius 2 is 1.25 bits per heavy atom. The summed E-state index contributed by atoms with van der Waals surface area (Å²) in [6, 6.07) is 15.2. The van der Waals surface area contributed by atoms with Gasteiger partial charge in [0.25, 0.3) is 0 Å². The van der Waals surface area contributed by atoms with Gasteiger partial charge in [0.1, 0.15) is 11.2 Å². The third-order valence-corrected chi connectivity index (χ3v) is 7.26. The first-order chi connectivity index (χ1) is 24.7. The number of para-hydroxylation sites is 1. The summed E-state index contributed by atoms with van der Waals surface area (Å²) >= 11 is 0. The molecule has 2 aromatic rings. The Hall–Kier alpha value is -4.28. The lowest BCUT2D eigenvalue weighted by Crippen LogP contribution is -2.38. The fourth-order valence-corrected chi connectivity index (χ4v) is 4.95. The summed E-state index contributed by atoms with van der Waals surface area (Å²) in [6.45, 7) is 12.8. The number of ether oxygens (including phenoxy) is 6.